The van der Waals surface area contributed by atoms with Gasteiger partial charge in [-0.1, -0.05) is 24.3 Å². The SMILES string of the molecule is CNC(=O)c1cccc(-c2ccc(O[C@H]3O[C@H](CO)[C@@H](O)[C@H](O)[C@H]3F)cc2)c1. The number of rotatable bonds is 5. The molecular formula is C20H22FNO6. The molecule has 7 nitrogen and oxygen atoms in total. The first-order valence-electron chi connectivity index (χ1n) is 8.80. The van der Waals surface area contributed by atoms with Crippen LogP contribution in [0.3, 0.4) is 0 Å². The highest BCUT2D eigenvalue weighted by molar-refractivity contribution is 5.95. The van der Waals surface area contributed by atoms with Crippen LogP contribution in [0.25, 0.3) is 11.1 Å². The third-order valence-corrected chi connectivity index (χ3v) is 4.60. The Morgan fingerprint density at radius 3 is 2.50 bits per heavy atom. The lowest BCUT2D eigenvalue weighted by atomic mass is 10.0. The molecule has 3 rings (SSSR count). The molecule has 1 fully saturated rings. The Morgan fingerprint density at radius 2 is 1.86 bits per heavy atom. The Hall–Kier alpha value is -2.52. The standard InChI is InChI=1S/C20H22FNO6/c1-22-19(26)13-4-2-3-12(9-13)11-5-7-14(8-6-11)27-20-16(21)18(25)17(24)15(10-23)28-20/h2-9,15-18,20,23-25H,10H2,1H3,(H,22,26)/t15-,16-,17-,18-,20+/m1/s1. The monoisotopic (exact) mass is 391 g/mol. The van der Waals surface area contributed by atoms with E-state index in [-0.39, 0.29) is 5.91 Å². The van der Waals surface area contributed by atoms with Crippen LogP contribution in [0, 0.1) is 0 Å². The molecule has 0 spiro atoms. The van der Waals surface area contributed by atoms with Crippen LogP contribution in [0.4, 0.5) is 4.39 Å². The summed E-state index contributed by atoms with van der Waals surface area (Å²) in [5.74, 6) is 0.101. The van der Waals surface area contributed by atoms with Gasteiger partial charge in [-0.2, -0.15) is 0 Å². The second-order valence-corrected chi connectivity index (χ2v) is 6.45. The zero-order valence-electron chi connectivity index (χ0n) is 15.2. The van der Waals surface area contributed by atoms with Crippen molar-refractivity contribution in [3.63, 3.8) is 0 Å². The van der Waals surface area contributed by atoms with E-state index >= 15 is 0 Å². The van der Waals surface area contributed by atoms with E-state index in [0.717, 1.165) is 11.1 Å². The van der Waals surface area contributed by atoms with Crippen LogP contribution >= 0.6 is 0 Å². The number of halogens is 1. The van der Waals surface area contributed by atoms with Gasteiger partial charge in [0.05, 0.1) is 6.61 Å². The highest BCUT2D eigenvalue weighted by Crippen LogP contribution is 2.28. The fraction of sp³-hybridized carbons (Fsp3) is 0.350. The van der Waals surface area contributed by atoms with Crippen molar-refractivity contribution in [2.75, 3.05) is 13.7 Å². The molecule has 1 aliphatic heterocycles. The maximum absolute atomic E-state index is 14.2. The zero-order chi connectivity index (χ0) is 20.3. The van der Waals surface area contributed by atoms with Crippen LogP contribution in [-0.2, 0) is 4.74 Å². The highest BCUT2D eigenvalue weighted by Gasteiger charge is 2.46. The number of hydrogen-bond acceptors (Lipinski definition) is 6. The van der Waals surface area contributed by atoms with E-state index in [1.165, 1.54) is 0 Å². The van der Waals surface area contributed by atoms with Crippen molar-refractivity contribution in [3.05, 3.63) is 54.1 Å². The van der Waals surface area contributed by atoms with E-state index in [4.69, 9.17) is 9.47 Å². The minimum atomic E-state index is -1.97. The van der Waals surface area contributed by atoms with Gasteiger partial charge < -0.3 is 30.1 Å². The summed E-state index contributed by atoms with van der Waals surface area (Å²) in [5, 5.41) is 31.2. The van der Waals surface area contributed by atoms with Crippen LogP contribution in [0.2, 0.25) is 0 Å². The molecular weight excluding hydrogens is 369 g/mol. The second-order valence-electron chi connectivity index (χ2n) is 6.45. The summed E-state index contributed by atoms with van der Waals surface area (Å²) < 4.78 is 24.9. The van der Waals surface area contributed by atoms with Crippen molar-refractivity contribution in [2.24, 2.45) is 0 Å². The van der Waals surface area contributed by atoms with Crippen LogP contribution in [-0.4, -0.2) is 65.7 Å². The number of alkyl halides is 1. The summed E-state index contributed by atoms with van der Waals surface area (Å²) in [6.45, 7) is -0.578. The topological polar surface area (TPSA) is 108 Å². The molecule has 0 aromatic heterocycles. The summed E-state index contributed by atoms with van der Waals surface area (Å²) >= 11 is 0. The number of ether oxygens (including phenoxy) is 2. The quantitative estimate of drug-likeness (QED) is 0.602. The average molecular weight is 391 g/mol. The maximum atomic E-state index is 14.2. The predicted molar refractivity (Wildman–Crippen MR) is 98.6 cm³/mol. The van der Waals surface area contributed by atoms with Gasteiger partial charge in [-0.05, 0) is 35.4 Å². The smallest absolute Gasteiger partial charge is 0.251 e. The molecule has 1 heterocycles. The van der Waals surface area contributed by atoms with Crippen LogP contribution in [0.15, 0.2) is 48.5 Å². The minimum absolute atomic E-state index is 0.190. The lowest BCUT2D eigenvalue weighted by Crippen LogP contribution is -2.58. The Labute approximate surface area is 161 Å². The van der Waals surface area contributed by atoms with Crippen molar-refractivity contribution < 1.29 is 34.0 Å². The number of benzene rings is 2. The Balaban J connectivity index is 1.74. The fourth-order valence-electron chi connectivity index (χ4n) is 2.99. The molecule has 5 atom stereocenters. The average Bonchev–Trinajstić information content (AvgIpc) is 2.74. The minimum Gasteiger partial charge on any atom is -0.462 e. The molecule has 4 N–H and O–H groups in total. The number of nitrogens with one attached hydrogen (secondary N) is 1. The lowest BCUT2D eigenvalue weighted by Gasteiger charge is -2.38. The van der Waals surface area contributed by atoms with Gasteiger partial charge in [0, 0.05) is 12.6 Å². The second kappa shape index (κ2) is 8.66. The van der Waals surface area contributed by atoms with Crippen LogP contribution in [0.1, 0.15) is 10.4 Å². The summed E-state index contributed by atoms with van der Waals surface area (Å²) in [6, 6.07) is 13.8. The van der Waals surface area contributed by atoms with Crippen LogP contribution < -0.4 is 10.1 Å². The molecule has 0 radical (unpaired) electrons. The summed E-state index contributed by atoms with van der Waals surface area (Å²) in [4.78, 5) is 11.8. The van der Waals surface area contributed by atoms with Crippen molar-refractivity contribution in [3.8, 4) is 16.9 Å². The molecule has 8 heteroatoms. The number of carbonyl (C=O) groups excluding carboxylic acids is 1. The predicted octanol–water partition coefficient (Wildman–Crippen LogP) is 0.869. The number of carbonyl (C=O) groups is 1. The van der Waals surface area contributed by atoms with E-state index in [1.54, 1.807) is 49.5 Å². The van der Waals surface area contributed by atoms with E-state index < -0.39 is 37.4 Å². The molecule has 0 unspecified atom stereocenters. The zero-order valence-corrected chi connectivity index (χ0v) is 15.2. The van der Waals surface area contributed by atoms with Gasteiger partial charge in [0.15, 0.2) is 6.17 Å². The number of aliphatic hydroxyl groups is 3. The van der Waals surface area contributed by atoms with Crippen molar-refractivity contribution in [1.82, 2.24) is 5.32 Å². The first-order chi connectivity index (χ1) is 13.4. The maximum Gasteiger partial charge on any atom is 0.251 e. The lowest BCUT2D eigenvalue weighted by molar-refractivity contribution is -0.261. The molecule has 0 aliphatic carbocycles. The molecule has 0 bridgehead atoms. The molecule has 0 saturated carbocycles. The van der Waals surface area contributed by atoms with Gasteiger partial charge in [-0.15, -0.1) is 0 Å². The largest absolute Gasteiger partial charge is 0.462 e. The number of aliphatic hydroxyl groups excluding tert-OH is 3. The van der Waals surface area contributed by atoms with E-state index in [2.05, 4.69) is 5.32 Å². The normalized spacial score (nSPS) is 27.2. The summed E-state index contributed by atoms with van der Waals surface area (Å²) in [5.41, 5.74) is 2.17. The Bertz CT molecular complexity index is 813. The van der Waals surface area contributed by atoms with Gasteiger partial charge in [-0.3, -0.25) is 4.79 Å². The Kier molecular flexibility index (Phi) is 6.25. The van der Waals surface area contributed by atoms with Gasteiger partial charge >= 0.3 is 0 Å². The molecule has 28 heavy (non-hydrogen) atoms. The summed E-state index contributed by atoms with van der Waals surface area (Å²) in [7, 11) is 1.56. The first kappa shape index (κ1) is 20.2. The van der Waals surface area contributed by atoms with Gasteiger partial charge in [0.25, 0.3) is 5.91 Å². The summed E-state index contributed by atoms with van der Waals surface area (Å²) in [6.07, 6.45) is -7.82. The number of amides is 1. The van der Waals surface area contributed by atoms with E-state index in [1.807, 2.05) is 6.07 Å². The molecule has 150 valence electrons. The molecule has 1 saturated heterocycles. The Morgan fingerprint density at radius 1 is 1.14 bits per heavy atom. The van der Waals surface area contributed by atoms with Crippen LogP contribution in [0.5, 0.6) is 5.75 Å². The van der Waals surface area contributed by atoms with Gasteiger partial charge in [0.1, 0.15) is 24.1 Å². The first-order valence-corrected chi connectivity index (χ1v) is 8.80. The van der Waals surface area contributed by atoms with Crippen molar-refractivity contribution in [2.45, 2.75) is 30.8 Å². The third-order valence-electron chi connectivity index (χ3n) is 4.60. The molecule has 2 aromatic carbocycles. The van der Waals surface area contributed by atoms with Gasteiger partial charge in [-0.25, -0.2) is 4.39 Å². The molecule has 1 amide bonds. The van der Waals surface area contributed by atoms with E-state index in [9.17, 15) is 24.5 Å². The molecule has 2 aromatic rings. The third kappa shape index (κ3) is 4.15. The van der Waals surface area contributed by atoms with E-state index in [0.29, 0.717) is 11.3 Å². The molecule has 1 aliphatic rings. The van der Waals surface area contributed by atoms with Gasteiger partial charge in [0.2, 0.25) is 6.29 Å². The van der Waals surface area contributed by atoms with Crippen molar-refractivity contribution >= 4 is 5.91 Å². The fourth-order valence-corrected chi connectivity index (χ4v) is 2.99. The number of hydrogen-bond donors (Lipinski definition) is 4. The van der Waals surface area contributed by atoms with Crippen molar-refractivity contribution in [1.29, 1.82) is 0 Å². The highest BCUT2D eigenvalue weighted by atomic mass is 19.1.